The average Bonchev–Trinajstić information content (AvgIpc) is 2.61. The minimum atomic E-state index is -0.496. The van der Waals surface area contributed by atoms with Crippen molar-refractivity contribution in [3.8, 4) is 0 Å². The van der Waals surface area contributed by atoms with Crippen molar-refractivity contribution >= 4 is 12.0 Å². The fourth-order valence-corrected chi connectivity index (χ4v) is 2.43. The summed E-state index contributed by atoms with van der Waals surface area (Å²) in [5.41, 5.74) is 4.41. The van der Waals surface area contributed by atoms with E-state index in [4.69, 9.17) is 9.78 Å². The Morgan fingerprint density at radius 3 is 3.00 bits per heavy atom. The highest BCUT2D eigenvalue weighted by Crippen LogP contribution is 2.23. The zero-order valence-electron chi connectivity index (χ0n) is 12.6. The van der Waals surface area contributed by atoms with Crippen LogP contribution in [0.5, 0.6) is 0 Å². The van der Waals surface area contributed by atoms with Gasteiger partial charge in [0.25, 0.3) is 0 Å². The van der Waals surface area contributed by atoms with Gasteiger partial charge in [0, 0.05) is 12.0 Å². The van der Waals surface area contributed by atoms with Gasteiger partial charge in [0.2, 0.25) is 0 Å². The lowest BCUT2D eigenvalue weighted by Gasteiger charge is -2.14. The first-order valence-corrected chi connectivity index (χ1v) is 7.36. The van der Waals surface area contributed by atoms with Crippen molar-refractivity contribution in [3.63, 3.8) is 0 Å². The summed E-state index contributed by atoms with van der Waals surface area (Å²) in [4.78, 5) is 22.1. The first-order chi connectivity index (χ1) is 11.3. The van der Waals surface area contributed by atoms with E-state index in [1.807, 2.05) is 48.5 Å². The van der Waals surface area contributed by atoms with Crippen LogP contribution in [0.1, 0.15) is 22.3 Å². The number of hydrogen-bond acceptors (Lipinski definition) is 3. The fourth-order valence-electron chi connectivity index (χ4n) is 2.43. The highest BCUT2D eigenvalue weighted by molar-refractivity contribution is 5.92. The van der Waals surface area contributed by atoms with Crippen LogP contribution in [0.25, 0.3) is 6.08 Å². The monoisotopic (exact) mass is 304 g/mol. The largest absolute Gasteiger partial charge is 0.369 e. The van der Waals surface area contributed by atoms with Crippen LogP contribution in [0.2, 0.25) is 0 Å². The molecule has 0 unspecified atom stereocenters. The molecule has 23 heavy (non-hydrogen) atoms. The maximum Gasteiger partial charge on any atom is 0.369 e. The van der Waals surface area contributed by atoms with Crippen LogP contribution in [-0.4, -0.2) is 5.97 Å². The van der Waals surface area contributed by atoms with E-state index in [2.05, 4.69) is 12.6 Å². The number of fused-ring (bicyclic) bond motifs is 1. The lowest BCUT2D eigenvalue weighted by atomic mass is 9.92. The fraction of sp³-hybridized carbons (Fsp3) is 0.100. The normalized spacial score (nSPS) is 13.0. The SMILES string of the molecule is C=Cc1ccccc1COOC(=O)C1=CCc2ccc[c]c2[CH]1. The maximum absolute atomic E-state index is 12.1. The Morgan fingerprint density at radius 2 is 2.13 bits per heavy atom. The zero-order valence-corrected chi connectivity index (χ0v) is 12.6. The second-order valence-electron chi connectivity index (χ2n) is 5.15. The van der Waals surface area contributed by atoms with Crippen molar-refractivity contribution in [2.75, 3.05) is 0 Å². The molecule has 0 saturated carbocycles. The summed E-state index contributed by atoms with van der Waals surface area (Å²) < 4.78 is 0. The standard InChI is InChI=1S/C20H16O3/c1-2-15-7-3-6-10-19(15)14-22-23-20(21)18-12-11-16-8-4-5-9-17(16)13-18/h2-8,10,12-13H,1,11,14H2. The molecule has 3 heteroatoms. The first kappa shape index (κ1) is 15.3. The van der Waals surface area contributed by atoms with E-state index in [9.17, 15) is 4.79 Å². The minimum absolute atomic E-state index is 0.184. The lowest BCUT2D eigenvalue weighted by molar-refractivity contribution is -0.275. The Balaban J connectivity index is 1.56. The van der Waals surface area contributed by atoms with Gasteiger partial charge in [0.1, 0.15) is 6.61 Å². The smallest absolute Gasteiger partial charge is 0.293 e. The van der Waals surface area contributed by atoms with Crippen LogP contribution in [0, 0.1) is 12.5 Å². The van der Waals surface area contributed by atoms with Crippen LogP contribution in [-0.2, 0) is 27.6 Å². The number of allylic oxidation sites excluding steroid dienone is 1. The second kappa shape index (κ2) is 7.07. The van der Waals surface area contributed by atoms with Crippen LogP contribution in [0.3, 0.4) is 0 Å². The first-order valence-electron chi connectivity index (χ1n) is 7.36. The number of benzene rings is 2. The zero-order chi connectivity index (χ0) is 16.1. The van der Waals surface area contributed by atoms with Crippen molar-refractivity contribution in [3.05, 3.63) is 95.4 Å². The third kappa shape index (κ3) is 3.58. The molecule has 1 aliphatic carbocycles. The molecular formula is C20H16O3. The van der Waals surface area contributed by atoms with Crippen molar-refractivity contribution in [2.45, 2.75) is 13.0 Å². The van der Waals surface area contributed by atoms with E-state index in [0.717, 1.165) is 22.3 Å². The van der Waals surface area contributed by atoms with Crippen molar-refractivity contribution in [1.29, 1.82) is 0 Å². The summed E-state index contributed by atoms with van der Waals surface area (Å²) >= 11 is 0. The van der Waals surface area contributed by atoms with Crippen molar-refractivity contribution in [2.24, 2.45) is 0 Å². The summed E-state index contributed by atoms with van der Waals surface area (Å²) in [6.07, 6.45) is 6.03. The number of hydrogen-bond donors (Lipinski definition) is 0. The summed E-state index contributed by atoms with van der Waals surface area (Å²) in [5, 5.41) is 0. The summed E-state index contributed by atoms with van der Waals surface area (Å²) in [6, 6.07) is 16.5. The van der Waals surface area contributed by atoms with Crippen LogP contribution in [0.15, 0.2) is 60.7 Å². The molecule has 0 aromatic heterocycles. The van der Waals surface area contributed by atoms with Gasteiger partial charge in [-0.25, -0.2) is 4.79 Å². The van der Waals surface area contributed by atoms with E-state index in [1.54, 1.807) is 12.5 Å². The van der Waals surface area contributed by atoms with Gasteiger partial charge in [-0.15, -0.1) is 0 Å². The molecule has 0 aliphatic heterocycles. The summed E-state index contributed by atoms with van der Waals surface area (Å²) in [6.45, 7) is 3.93. The molecule has 0 spiro atoms. The highest BCUT2D eigenvalue weighted by Gasteiger charge is 2.19. The predicted octanol–water partition coefficient (Wildman–Crippen LogP) is 3.84. The molecule has 2 radical (unpaired) electrons. The molecule has 2 aromatic carbocycles. The molecular weight excluding hydrogens is 288 g/mol. The predicted molar refractivity (Wildman–Crippen MR) is 87.9 cm³/mol. The van der Waals surface area contributed by atoms with E-state index in [-0.39, 0.29) is 6.61 Å². The Hall–Kier alpha value is -2.65. The molecule has 3 nitrogen and oxygen atoms in total. The molecule has 0 fully saturated rings. The third-order valence-electron chi connectivity index (χ3n) is 3.68. The Morgan fingerprint density at radius 1 is 1.26 bits per heavy atom. The maximum atomic E-state index is 12.1. The van der Waals surface area contributed by atoms with Gasteiger partial charge < -0.3 is 0 Å². The van der Waals surface area contributed by atoms with Gasteiger partial charge in [-0.3, -0.25) is 4.89 Å². The molecule has 3 rings (SSSR count). The molecule has 2 aromatic rings. The minimum Gasteiger partial charge on any atom is -0.293 e. The van der Waals surface area contributed by atoms with Gasteiger partial charge in [-0.1, -0.05) is 61.2 Å². The lowest BCUT2D eigenvalue weighted by Crippen LogP contribution is -2.13. The topological polar surface area (TPSA) is 35.5 Å². The number of rotatable bonds is 5. The van der Waals surface area contributed by atoms with E-state index in [0.29, 0.717) is 12.0 Å². The Labute approximate surface area is 135 Å². The molecule has 0 atom stereocenters. The summed E-state index contributed by atoms with van der Waals surface area (Å²) in [7, 11) is 0. The van der Waals surface area contributed by atoms with Gasteiger partial charge >= 0.3 is 5.97 Å². The average molecular weight is 304 g/mol. The molecule has 0 saturated heterocycles. The van der Waals surface area contributed by atoms with Gasteiger partial charge in [-0.05, 0) is 34.7 Å². The van der Waals surface area contributed by atoms with Gasteiger partial charge in [0.05, 0.1) is 0 Å². The second-order valence-corrected chi connectivity index (χ2v) is 5.15. The third-order valence-corrected chi connectivity index (χ3v) is 3.68. The van der Waals surface area contributed by atoms with Crippen LogP contribution >= 0.6 is 0 Å². The quantitative estimate of drug-likeness (QED) is 0.622. The molecule has 0 heterocycles. The van der Waals surface area contributed by atoms with E-state index < -0.39 is 5.97 Å². The van der Waals surface area contributed by atoms with Crippen molar-refractivity contribution < 1.29 is 14.6 Å². The number of carbonyl (C=O) groups is 1. The molecule has 0 amide bonds. The Kier molecular flexibility index (Phi) is 4.69. The molecule has 1 aliphatic rings. The highest BCUT2D eigenvalue weighted by atomic mass is 17.2. The van der Waals surface area contributed by atoms with Gasteiger partial charge in [-0.2, -0.15) is 4.89 Å². The van der Waals surface area contributed by atoms with E-state index >= 15 is 0 Å². The molecule has 114 valence electrons. The van der Waals surface area contributed by atoms with Crippen LogP contribution < -0.4 is 0 Å². The summed E-state index contributed by atoms with van der Waals surface area (Å²) in [5.74, 6) is -0.496. The number of carbonyl (C=O) groups excluding carboxylic acids is 1. The molecule has 0 N–H and O–H groups in total. The van der Waals surface area contributed by atoms with Gasteiger partial charge in [0.15, 0.2) is 0 Å². The van der Waals surface area contributed by atoms with E-state index in [1.165, 1.54) is 0 Å². The molecule has 0 bridgehead atoms. The van der Waals surface area contributed by atoms with Crippen molar-refractivity contribution in [1.82, 2.24) is 0 Å². The van der Waals surface area contributed by atoms with Crippen LogP contribution in [0.4, 0.5) is 0 Å². The Bertz CT molecular complexity index is 759.